The van der Waals surface area contributed by atoms with Gasteiger partial charge in [0, 0.05) is 24.3 Å². The number of amides is 1. The minimum absolute atomic E-state index is 0.0412. The van der Waals surface area contributed by atoms with Gasteiger partial charge in [0.1, 0.15) is 0 Å². The van der Waals surface area contributed by atoms with Gasteiger partial charge in [-0.3, -0.25) is 9.69 Å². The van der Waals surface area contributed by atoms with E-state index in [1.54, 1.807) is 0 Å². The van der Waals surface area contributed by atoms with Crippen molar-refractivity contribution < 1.29 is 4.79 Å². The lowest BCUT2D eigenvalue weighted by Gasteiger charge is -2.30. The fourth-order valence-electron chi connectivity index (χ4n) is 4.18. The first kappa shape index (κ1) is 23.5. The van der Waals surface area contributed by atoms with Crippen molar-refractivity contribution in [3.63, 3.8) is 0 Å². The molecule has 1 N–H and O–H groups in total. The molecule has 1 amide bonds. The summed E-state index contributed by atoms with van der Waals surface area (Å²) in [4.78, 5) is 15.1. The first-order valence-electron chi connectivity index (χ1n) is 11.8. The number of carbonyl (C=O) groups excluding carboxylic acids is 1. The topological polar surface area (TPSA) is 63.1 Å². The van der Waals surface area contributed by atoms with Crippen LogP contribution in [0.25, 0.3) is 11.4 Å². The second-order valence-electron chi connectivity index (χ2n) is 8.91. The predicted octanol–water partition coefficient (Wildman–Crippen LogP) is 5.24. The highest BCUT2D eigenvalue weighted by Crippen LogP contribution is 2.25. The van der Waals surface area contributed by atoms with Crippen molar-refractivity contribution in [2.45, 2.75) is 51.9 Å². The third-order valence-corrected chi connectivity index (χ3v) is 7.13. The van der Waals surface area contributed by atoms with Crippen LogP contribution in [0.1, 0.15) is 37.8 Å². The molecule has 0 spiro atoms. The Morgan fingerprint density at radius 3 is 2.58 bits per heavy atom. The number of aromatic nitrogens is 3. The van der Waals surface area contributed by atoms with E-state index in [0.717, 1.165) is 41.2 Å². The molecule has 1 saturated heterocycles. The average molecular weight is 464 g/mol. The van der Waals surface area contributed by atoms with Crippen molar-refractivity contribution in [2.24, 2.45) is 5.92 Å². The summed E-state index contributed by atoms with van der Waals surface area (Å²) in [6.45, 7) is 10.5. The van der Waals surface area contributed by atoms with Crippen LogP contribution in [0.3, 0.4) is 0 Å². The molecule has 4 rings (SSSR count). The minimum Gasteiger partial charge on any atom is -0.325 e. The monoisotopic (exact) mass is 463 g/mol. The quantitative estimate of drug-likeness (QED) is 0.463. The molecule has 0 radical (unpaired) electrons. The molecular weight excluding hydrogens is 430 g/mol. The number of hydrogen-bond donors (Lipinski definition) is 1. The maximum Gasteiger partial charge on any atom is 0.234 e. The molecule has 2 heterocycles. The van der Waals surface area contributed by atoms with Gasteiger partial charge in [0.2, 0.25) is 5.91 Å². The molecule has 0 bridgehead atoms. The van der Waals surface area contributed by atoms with Crippen LogP contribution in [0, 0.1) is 12.8 Å². The summed E-state index contributed by atoms with van der Waals surface area (Å²) in [6.07, 6.45) is 2.56. The number of benzene rings is 2. The Bertz CT molecular complexity index is 1070. The van der Waals surface area contributed by atoms with E-state index in [4.69, 9.17) is 0 Å². The summed E-state index contributed by atoms with van der Waals surface area (Å²) in [5, 5.41) is 12.5. The van der Waals surface area contributed by atoms with E-state index in [-0.39, 0.29) is 5.91 Å². The Kier molecular flexibility index (Phi) is 7.83. The van der Waals surface area contributed by atoms with Gasteiger partial charge in [-0.2, -0.15) is 0 Å². The third-order valence-electron chi connectivity index (χ3n) is 6.16. The molecule has 174 valence electrons. The molecule has 2 aromatic carbocycles. The first-order valence-corrected chi connectivity index (χ1v) is 12.7. The van der Waals surface area contributed by atoms with Crippen LogP contribution in [0.15, 0.2) is 53.7 Å². The van der Waals surface area contributed by atoms with E-state index < -0.39 is 0 Å². The molecular formula is C26H33N5OS. The molecule has 0 atom stereocenters. The zero-order chi connectivity index (χ0) is 23.2. The number of carbonyl (C=O) groups is 1. The summed E-state index contributed by atoms with van der Waals surface area (Å²) in [6, 6.07) is 16.5. The zero-order valence-corrected chi connectivity index (χ0v) is 20.6. The fraction of sp³-hybridized carbons (Fsp3) is 0.423. The van der Waals surface area contributed by atoms with Crippen LogP contribution in [0.5, 0.6) is 0 Å². The fourth-order valence-corrected chi connectivity index (χ4v) is 4.98. The van der Waals surface area contributed by atoms with E-state index in [2.05, 4.69) is 70.0 Å². The van der Waals surface area contributed by atoms with Gasteiger partial charge in [-0.05, 0) is 69.5 Å². The van der Waals surface area contributed by atoms with E-state index in [1.807, 2.05) is 24.3 Å². The van der Waals surface area contributed by atoms with Gasteiger partial charge in [0.25, 0.3) is 0 Å². The number of hydrogen-bond acceptors (Lipinski definition) is 5. The summed E-state index contributed by atoms with van der Waals surface area (Å²) in [5.41, 5.74) is 4.34. The highest BCUT2D eigenvalue weighted by Gasteiger charge is 2.16. The molecule has 1 fully saturated rings. The SMILES string of the molecule is CCn1c(SCC(=O)Nc2ccc(CN3CCC(C)CC3)cc2)nnc1-c1cccc(C)c1. The normalized spacial score (nSPS) is 15.0. The van der Waals surface area contributed by atoms with Crippen molar-refractivity contribution in [3.8, 4) is 11.4 Å². The zero-order valence-electron chi connectivity index (χ0n) is 19.8. The van der Waals surface area contributed by atoms with E-state index in [0.29, 0.717) is 5.75 Å². The summed E-state index contributed by atoms with van der Waals surface area (Å²) in [5.74, 6) is 1.93. The van der Waals surface area contributed by atoms with Gasteiger partial charge in [-0.1, -0.05) is 54.6 Å². The number of rotatable bonds is 8. The van der Waals surface area contributed by atoms with Gasteiger partial charge < -0.3 is 9.88 Å². The molecule has 6 nitrogen and oxygen atoms in total. The van der Waals surface area contributed by atoms with Gasteiger partial charge in [0.15, 0.2) is 11.0 Å². The molecule has 7 heteroatoms. The maximum atomic E-state index is 12.5. The smallest absolute Gasteiger partial charge is 0.234 e. The molecule has 1 aliphatic heterocycles. The standard InChI is InChI=1S/C26H33N5OS/c1-4-31-25(22-7-5-6-20(3)16-22)28-29-26(31)33-18-24(32)27-23-10-8-21(9-11-23)17-30-14-12-19(2)13-15-30/h5-11,16,19H,4,12-15,17-18H2,1-3H3,(H,27,32). The Balaban J connectivity index is 1.30. The van der Waals surface area contributed by atoms with Crippen molar-refractivity contribution >= 4 is 23.4 Å². The lowest BCUT2D eigenvalue weighted by Crippen LogP contribution is -2.32. The molecule has 0 unspecified atom stereocenters. The number of nitrogens with one attached hydrogen (secondary N) is 1. The molecule has 0 saturated carbocycles. The van der Waals surface area contributed by atoms with Crippen molar-refractivity contribution in [1.29, 1.82) is 0 Å². The number of piperidine rings is 1. The van der Waals surface area contributed by atoms with Crippen LogP contribution < -0.4 is 5.32 Å². The molecule has 0 aliphatic carbocycles. The molecule has 33 heavy (non-hydrogen) atoms. The van der Waals surface area contributed by atoms with Gasteiger partial charge in [-0.15, -0.1) is 10.2 Å². The molecule has 3 aromatic rings. The summed E-state index contributed by atoms with van der Waals surface area (Å²) < 4.78 is 2.06. The number of aryl methyl sites for hydroxylation is 1. The third kappa shape index (κ3) is 6.24. The Labute approximate surface area is 200 Å². The number of nitrogens with zero attached hydrogens (tertiary/aromatic N) is 4. The van der Waals surface area contributed by atoms with E-state index in [9.17, 15) is 4.79 Å². The number of thioether (sulfide) groups is 1. The Morgan fingerprint density at radius 1 is 1.12 bits per heavy atom. The largest absolute Gasteiger partial charge is 0.325 e. The van der Waals surface area contributed by atoms with Gasteiger partial charge in [0.05, 0.1) is 5.75 Å². The van der Waals surface area contributed by atoms with Gasteiger partial charge in [-0.25, -0.2) is 0 Å². The highest BCUT2D eigenvalue weighted by molar-refractivity contribution is 7.99. The summed E-state index contributed by atoms with van der Waals surface area (Å²) in [7, 11) is 0. The molecule has 1 aromatic heterocycles. The maximum absolute atomic E-state index is 12.5. The predicted molar refractivity (Wildman–Crippen MR) is 135 cm³/mol. The van der Waals surface area contributed by atoms with E-state index >= 15 is 0 Å². The van der Waals surface area contributed by atoms with Crippen LogP contribution in [-0.2, 0) is 17.9 Å². The Morgan fingerprint density at radius 2 is 1.88 bits per heavy atom. The highest BCUT2D eigenvalue weighted by atomic mass is 32.2. The Hall–Kier alpha value is -2.64. The van der Waals surface area contributed by atoms with Crippen LogP contribution in [0.4, 0.5) is 5.69 Å². The average Bonchev–Trinajstić information content (AvgIpc) is 3.23. The van der Waals surface area contributed by atoms with Crippen LogP contribution >= 0.6 is 11.8 Å². The number of anilines is 1. The first-order chi connectivity index (χ1) is 16.0. The lowest BCUT2D eigenvalue weighted by atomic mass is 9.99. The van der Waals surface area contributed by atoms with Crippen molar-refractivity contribution in [2.75, 3.05) is 24.2 Å². The number of likely N-dealkylation sites (tertiary alicyclic amines) is 1. The minimum atomic E-state index is -0.0412. The van der Waals surface area contributed by atoms with Crippen molar-refractivity contribution in [1.82, 2.24) is 19.7 Å². The van der Waals surface area contributed by atoms with Crippen LogP contribution in [0.2, 0.25) is 0 Å². The van der Waals surface area contributed by atoms with Gasteiger partial charge >= 0.3 is 0 Å². The second-order valence-corrected chi connectivity index (χ2v) is 9.85. The molecule has 1 aliphatic rings. The van der Waals surface area contributed by atoms with E-state index in [1.165, 1.54) is 48.8 Å². The van der Waals surface area contributed by atoms with Crippen LogP contribution in [-0.4, -0.2) is 44.4 Å². The van der Waals surface area contributed by atoms with Crippen molar-refractivity contribution in [3.05, 3.63) is 59.7 Å². The summed E-state index contributed by atoms with van der Waals surface area (Å²) >= 11 is 1.42. The lowest BCUT2D eigenvalue weighted by molar-refractivity contribution is -0.113. The second kappa shape index (κ2) is 11.0.